The molecular formula is C15H22N2O2. The topological polar surface area (TPSA) is 55.6 Å². The summed E-state index contributed by atoms with van der Waals surface area (Å²) in [5, 5.41) is 0. The number of carbonyl (C=O) groups is 1. The van der Waals surface area contributed by atoms with Crippen LogP contribution in [-0.2, 0) is 4.84 Å². The van der Waals surface area contributed by atoms with Crippen LogP contribution in [0.1, 0.15) is 35.2 Å². The summed E-state index contributed by atoms with van der Waals surface area (Å²) >= 11 is 0. The first kappa shape index (κ1) is 14.0. The fraction of sp³-hybridized carbons (Fsp3) is 0.533. The SMILES string of the molecule is Cc1cccc(C(=O)N2CCC(CCON)CC2)c1. The maximum Gasteiger partial charge on any atom is 0.253 e. The fourth-order valence-corrected chi connectivity index (χ4v) is 2.62. The van der Waals surface area contributed by atoms with Gasteiger partial charge in [-0.05, 0) is 44.2 Å². The molecule has 2 N–H and O–H groups in total. The first-order chi connectivity index (χ1) is 9.20. The van der Waals surface area contributed by atoms with E-state index in [0.29, 0.717) is 12.5 Å². The molecule has 1 aliphatic rings. The molecular weight excluding hydrogens is 240 g/mol. The Morgan fingerprint density at radius 1 is 1.42 bits per heavy atom. The molecule has 1 aliphatic heterocycles. The molecule has 0 radical (unpaired) electrons. The van der Waals surface area contributed by atoms with Crippen molar-refractivity contribution < 1.29 is 9.63 Å². The zero-order chi connectivity index (χ0) is 13.7. The van der Waals surface area contributed by atoms with E-state index in [-0.39, 0.29) is 5.91 Å². The van der Waals surface area contributed by atoms with Crippen LogP contribution in [0.4, 0.5) is 0 Å². The minimum Gasteiger partial charge on any atom is -0.339 e. The summed E-state index contributed by atoms with van der Waals surface area (Å²) in [5.41, 5.74) is 1.92. The minimum absolute atomic E-state index is 0.150. The molecule has 4 nitrogen and oxygen atoms in total. The van der Waals surface area contributed by atoms with Gasteiger partial charge >= 0.3 is 0 Å². The van der Waals surface area contributed by atoms with Crippen molar-refractivity contribution in [3.05, 3.63) is 35.4 Å². The first-order valence-electron chi connectivity index (χ1n) is 6.88. The Labute approximate surface area is 114 Å². The predicted molar refractivity (Wildman–Crippen MR) is 74.6 cm³/mol. The van der Waals surface area contributed by atoms with Gasteiger partial charge in [0.25, 0.3) is 5.91 Å². The number of nitrogens with two attached hydrogens (primary N) is 1. The lowest BCUT2D eigenvalue weighted by atomic mass is 9.93. The number of amides is 1. The van der Waals surface area contributed by atoms with E-state index in [1.165, 1.54) is 0 Å². The van der Waals surface area contributed by atoms with Crippen molar-refractivity contribution in [3.63, 3.8) is 0 Å². The van der Waals surface area contributed by atoms with E-state index in [2.05, 4.69) is 4.84 Å². The van der Waals surface area contributed by atoms with Crippen LogP contribution in [0.25, 0.3) is 0 Å². The molecule has 4 heteroatoms. The number of hydrogen-bond acceptors (Lipinski definition) is 3. The van der Waals surface area contributed by atoms with Gasteiger partial charge in [0, 0.05) is 18.7 Å². The number of likely N-dealkylation sites (tertiary alicyclic amines) is 1. The monoisotopic (exact) mass is 262 g/mol. The minimum atomic E-state index is 0.150. The molecule has 1 fully saturated rings. The third-order valence-corrected chi connectivity index (χ3v) is 3.81. The van der Waals surface area contributed by atoms with Crippen LogP contribution in [-0.4, -0.2) is 30.5 Å². The smallest absolute Gasteiger partial charge is 0.253 e. The van der Waals surface area contributed by atoms with Crippen LogP contribution in [0.5, 0.6) is 0 Å². The number of nitrogens with zero attached hydrogens (tertiary/aromatic N) is 1. The molecule has 1 amide bonds. The molecule has 1 heterocycles. The zero-order valence-electron chi connectivity index (χ0n) is 11.5. The van der Waals surface area contributed by atoms with Gasteiger partial charge in [-0.25, -0.2) is 5.90 Å². The summed E-state index contributed by atoms with van der Waals surface area (Å²) in [7, 11) is 0. The lowest BCUT2D eigenvalue weighted by molar-refractivity contribution is 0.0651. The van der Waals surface area contributed by atoms with Gasteiger partial charge in [0.05, 0.1) is 6.61 Å². The summed E-state index contributed by atoms with van der Waals surface area (Å²) < 4.78 is 0. The van der Waals surface area contributed by atoms with E-state index in [4.69, 9.17) is 5.90 Å². The molecule has 0 saturated carbocycles. The van der Waals surface area contributed by atoms with Gasteiger partial charge in [0.15, 0.2) is 0 Å². The Balaban J connectivity index is 1.89. The number of aryl methyl sites for hydroxylation is 1. The maximum absolute atomic E-state index is 12.4. The van der Waals surface area contributed by atoms with Gasteiger partial charge in [0.1, 0.15) is 0 Å². The molecule has 0 unspecified atom stereocenters. The van der Waals surface area contributed by atoms with Gasteiger partial charge in [-0.1, -0.05) is 17.7 Å². The molecule has 0 spiro atoms. The molecule has 0 atom stereocenters. The van der Waals surface area contributed by atoms with Crippen molar-refractivity contribution in [1.82, 2.24) is 4.90 Å². The van der Waals surface area contributed by atoms with E-state index in [0.717, 1.165) is 43.5 Å². The van der Waals surface area contributed by atoms with Gasteiger partial charge in [-0.2, -0.15) is 0 Å². The highest BCUT2D eigenvalue weighted by atomic mass is 16.6. The van der Waals surface area contributed by atoms with E-state index in [9.17, 15) is 4.79 Å². The Bertz CT molecular complexity index is 426. The number of benzene rings is 1. The van der Waals surface area contributed by atoms with Crippen molar-refractivity contribution in [3.8, 4) is 0 Å². The van der Waals surface area contributed by atoms with Gasteiger partial charge in [-0.3, -0.25) is 4.79 Å². The van der Waals surface area contributed by atoms with Crippen molar-refractivity contribution >= 4 is 5.91 Å². The molecule has 104 valence electrons. The summed E-state index contributed by atoms with van der Waals surface area (Å²) in [4.78, 5) is 18.9. The number of piperidine rings is 1. The largest absolute Gasteiger partial charge is 0.339 e. The Hall–Kier alpha value is -1.39. The third-order valence-electron chi connectivity index (χ3n) is 3.81. The Morgan fingerprint density at radius 2 is 2.16 bits per heavy atom. The van der Waals surface area contributed by atoms with Crippen molar-refractivity contribution in [2.45, 2.75) is 26.2 Å². The van der Waals surface area contributed by atoms with Gasteiger partial charge in [-0.15, -0.1) is 0 Å². The first-order valence-corrected chi connectivity index (χ1v) is 6.88. The second kappa shape index (κ2) is 6.68. The highest BCUT2D eigenvalue weighted by Crippen LogP contribution is 2.21. The molecule has 19 heavy (non-hydrogen) atoms. The average Bonchev–Trinajstić information content (AvgIpc) is 2.45. The van der Waals surface area contributed by atoms with E-state index in [1.54, 1.807) is 0 Å². The fourth-order valence-electron chi connectivity index (χ4n) is 2.62. The molecule has 1 aromatic rings. The van der Waals surface area contributed by atoms with E-state index in [1.807, 2.05) is 36.1 Å². The van der Waals surface area contributed by atoms with Gasteiger partial charge in [0.2, 0.25) is 0 Å². The second-order valence-corrected chi connectivity index (χ2v) is 5.26. The van der Waals surface area contributed by atoms with Crippen molar-refractivity contribution in [2.75, 3.05) is 19.7 Å². The number of carbonyl (C=O) groups excluding carboxylic acids is 1. The molecule has 1 aromatic carbocycles. The summed E-state index contributed by atoms with van der Waals surface area (Å²) in [6.07, 6.45) is 3.07. The van der Waals surface area contributed by atoms with Crippen molar-refractivity contribution in [1.29, 1.82) is 0 Å². The van der Waals surface area contributed by atoms with Crippen molar-refractivity contribution in [2.24, 2.45) is 11.8 Å². The number of hydrogen-bond donors (Lipinski definition) is 1. The lowest BCUT2D eigenvalue weighted by Crippen LogP contribution is -2.38. The highest BCUT2D eigenvalue weighted by molar-refractivity contribution is 5.94. The highest BCUT2D eigenvalue weighted by Gasteiger charge is 2.23. The third kappa shape index (κ3) is 3.78. The zero-order valence-corrected chi connectivity index (χ0v) is 11.5. The van der Waals surface area contributed by atoms with Crippen LogP contribution in [0, 0.1) is 12.8 Å². The Morgan fingerprint density at radius 3 is 2.79 bits per heavy atom. The van der Waals surface area contributed by atoms with E-state index >= 15 is 0 Å². The average molecular weight is 262 g/mol. The molecule has 0 aromatic heterocycles. The van der Waals surface area contributed by atoms with Crippen LogP contribution in [0.15, 0.2) is 24.3 Å². The van der Waals surface area contributed by atoms with Crippen LogP contribution in [0.2, 0.25) is 0 Å². The molecule has 2 rings (SSSR count). The van der Waals surface area contributed by atoms with Crippen LogP contribution in [0.3, 0.4) is 0 Å². The molecule has 1 saturated heterocycles. The standard InChI is InChI=1S/C15H22N2O2/c1-12-3-2-4-14(11-12)15(18)17-8-5-13(6-9-17)7-10-19-16/h2-4,11,13H,5-10,16H2,1H3. The molecule has 0 bridgehead atoms. The lowest BCUT2D eigenvalue weighted by Gasteiger charge is -2.32. The van der Waals surface area contributed by atoms with Crippen LogP contribution < -0.4 is 5.90 Å². The summed E-state index contributed by atoms with van der Waals surface area (Å²) in [6.45, 7) is 4.29. The van der Waals surface area contributed by atoms with E-state index < -0.39 is 0 Å². The van der Waals surface area contributed by atoms with Crippen LogP contribution >= 0.6 is 0 Å². The molecule has 0 aliphatic carbocycles. The maximum atomic E-state index is 12.4. The summed E-state index contributed by atoms with van der Waals surface area (Å²) in [6, 6.07) is 7.80. The Kier molecular flexibility index (Phi) is 4.93. The summed E-state index contributed by atoms with van der Waals surface area (Å²) in [5.74, 6) is 5.83. The quantitative estimate of drug-likeness (QED) is 0.846. The number of rotatable bonds is 4. The second-order valence-electron chi connectivity index (χ2n) is 5.26. The normalized spacial score (nSPS) is 16.6. The van der Waals surface area contributed by atoms with Gasteiger partial charge < -0.3 is 9.74 Å². The predicted octanol–water partition coefficient (Wildman–Crippen LogP) is 2.13.